The zero-order valence-corrected chi connectivity index (χ0v) is 17.9. The predicted octanol–water partition coefficient (Wildman–Crippen LogP) is 3.20. The lowest BCUT2D eigenvalue weighted by molar-refractivity contribution is -0.135. The second-order valence-corrected chi connectivity index (χ2v) is 8.28. The highest BCUT2D eigenvalue weighted by Crippen LogP contribution is 2.38. The quantitative estimate of drug-likeness (QED) is 0.756. The highest BCUT2D eigenvalue weighted by Gasteiger charge is 2.34. The zero-order valence-electron chi connectivity index (χ0n) is 16.4. The number of carbonyl (C=O) groups is 2. The van der Waals surface area contributed by atoms with Crippen molar-refractivity contribution in [1.29, 1.82) is 0 Å². The largest absolute Gasteiger partial charge is 0.497 e. The van der Waals surface area contributed by atoms with Gasteiger partial charge in [-0.1, -0.05) is 11.6 Å². The van der Waals surface area contributed by atoms with Crippen molar-refractivity contribution in [2.24, 2.45) is 0 Å². The summed E-state index contributed by atoms with van der Waals surface area (Å²) in [7, 11) is 1.59. The number of anilines is 1. The lowest BCUT2D eigenvalue weighted by Gasteiger charge is -2.24. The minimum atomic E-state index is -0.530. The molecule has 1 atom stereocenters. The average molecular weight is 449 g/mol. The van der Waals surface area contributed by atoms with Gasteiger partial charge < -0.3 is 24.4 Å². The van der Waals surface area contributed by atoms with E-state index < -0.39 is 6.04 Å². The van der Waals surface area contributed by atoms with Crippen LogP contribution >= 0.6 is 23.4 Å². The Bertz CT molecular complexity index is 953. The molecule has 0 radical (unpaired) electrons. The van der Waals surface area contributed by atoms with E-state index in [0.29, 0.717) is 52.8 Å². The standard InChI is InChI=1S/C21H21ClN2O5S/c1-27-15-4-2-14(3-5-15)23-21(26)17-11-30-12-24(17)19(25)10-13-8-16(22)20-18(9-13)28-6-7-29-20/h2-5,8-9,17H,6-7,10-12H2,1H3,(H,23,26). The molecule has 1 saturated heterocycles. The number of fused-ring (bicyclic) bond motifs is 1. The molecular weight excluding hydrogens is 428 g/mol. The number of methoxy groups -OCH3 is 1. The van der Waals surface area contributed by atoms with Crippen LogP contribution in [0.1, 0.15) is 5.56 Å². The molecule has 2 aliphatic heterocycles. The van der Waals surface area contributed by atoms with Gasteiger partial charge in [0.2, 0.25) is 11.8 Å². The molecule has 0 saturated carbocycles. The Morgan fingerprint density at radius 1 is 1.23 bits per heavy atom. The molecular formula is C21H21ClN2O5S. The van der Waals surface area contributed by atoms with Crippen molar-refractivity contribution in [3.05, 3.63) is 47.0 Å². The minimum Gasteiger partial charge on any atom is -0.497 e. The van der Waals surface area contributed by atoms with Gasteiger partial charge in [-0.2, -0.15) is 0 Å². The molecule has 0 bridgehead atoms. The van der Waals surface area contributed by atoms with Gasteiger partial charge in [0.1, 0.15) is 25.0 Å². The summed E-state index contributed by atoms with van der Waals surface area (Å²) in [6.45, 7) is 0.887. The smallest absolute Gasteiger partial charge is 0.248 e. The third kappa shape index (κ3) is 4.44. The van der Waals surface area contributed by atoms with Gasteiger partial charge in [-0.05, 0) is 42.0 Å². The first-order valence-corrected chi connectivity index (χ1v) is 11.0. The third-order valence-electron chi connectivity index (χ3n) is 4.87. The first-order chi connectivity index (χ1) is 14.5. The molecule has 7 nitrogen and oxygen atoms in total. The monoisotopic (exact) mass is 448 g/mol. The summed E-state index contributed by atoms with van der Waals surface area (Å²) in [5.74, 6) is 2.43. The molecule has 1 fully saturated rings. The molecule has 2 aromatic carbocycles. The average Bonchev–Trinajstić information content (AvgIpc) is 3.25. The second-order valence-electron chi connectivity index (χ2n) is 6.88. The van der Waals surface area contributed by atoms with E-state index in [2.05, 4.69) is 5.32 Å². The summed E-state index contributed by atoms with van der Waals surface area (Å²) < 4.78 is 16.2. The third-order valence-corrected chi connectivity index (χ3v) is 6.17. The lowest BCUT2D eigenvalue weighted by Crippen LogP contribution is -2.45. The fourth-order valence-electron chi connectivity index (χ4n) is 3.35. The van der Waals surface area contributed by atoms with E-state index >= 15 is 0 Å². The molecule has 2 heterocycles. The van der Waals surface area contributed by atoms with E-state index in [-0.39, 0.29) is 18.2 Å². The van der Waals surface area contributed by atoms with E-state index in [1.807, 2.05) is 0 Å². The molecule has 2 aromatic rings. The number of ether oxygens (including phenoxy) is 3. The van der Waals surface area contributed by atoms with Crippen molar-refractivity contribution in [2.45, 2.75) is 12.5 Å². The van der Waals surface area contributed by atoms with E-state index in [4.69, 9.17) is 25.8 Å². The molecule has 158 valence electrons. The second kappa shape index (κ2) is 9.06. The van der Waals surface area contributed by atoms with Crippen LogP contribution in [0.5, 0.6) is 17.2 Å². The van der Waals surface area contributed by atoms with Gasteiger partial charge in [0.15, 0.2) is 11.5 Å². The van der Waals surface area contributed by atoms with Crippen molar-refractivity contribution in [3.63, 3.8) is 0 Å². The van der Waals surface area contributed by atoms with Crippen molar-refractivity contribution < 1.29 is 23.8 Å². The van der Waals surface area contributed by atoms with Crippen LogP contribution in [0.25, 0.3) is 0 Å². The highest BCUT2D eigenvalue weighted by atomic mass is 35.5. The zero-order chi connectivity index (χ0) is 21.1. The number of nitrogens with zero attached hydrogens (tertiary/aromatic N) is 1. The highest BCUT2D eigenvalue weighted by molar-refractivity contribution is 7.99. The van der Waals surface area contributed by atoms with E-state index in [1.165, 1.54) is 0 Å². The lowest BCUT2D eigenvalue weighted by atomic mass is 10.1. The van der Waals surface area contributed by atoms with E-state index in [9.17, 15) is 9.59 Å². The molecule has 4 rings (SSSR count). The Morgan fingerprint density at radius 2 is 2.00 bits per heavy atom. The number of carbonyl (C=O) groups excluding carboxylic acids is 2. The summed E-state index contributed by atoms with van der Waals surface area (Å²) in [5.41, 5.74) is 1.38. The maximum atomic E-state index is 12.9. The predicted molar refractivity (Wildman–Crippen MR) is 116 cm³/mol. The Hall–Kier alpha value is -2.58. The van der Waals surface area contributed by atoms with Crippen LogP contribution in [0, 0.1) is 0 Å². The molecule has 1 unspecified atom stereocenters. The van der Waals surface area contributed by atoms with Gasteiger partial charge in [0.05, 0.1) is 24.4 Å². The van der Waals surface area contributed by atoms with Crippen LogP contribution in [-0.2, 0) is 16.0 Å². The molecule has 9 heteroatoms. The molecule has 2 aliphatic rings. The van der Waals surface area contributed by atoms with Crippen LogP contribution in [0.4, 0.5) is 5.69 Å². The van der Waals surface area contributed by atoms with Crippen LogP contribution in [0.15, 0.2) is 36.4 Å². The van der Waals surface area contributed by atoms with Crippen LogP contribution in [0.3, 0.4) is 0 Å². The number of halogens is 1. The van der Waals surface area contributed by atoms with Gasteiger partial charge in [-0.15, -0.1) is 11.8 Å². The molecule has 1 N–H and O–H groups in total. The van der Waals surface area contributed by atoms with Gasteiger partial charge >= 0.3 is 0 Å². The van der Waals surface area contributed by atoms with Crippen LogP contribution in [0.2, 0.25) is 5.02 Å². The SMILES string of the molecule is COc1ccc(NC(=O)C2CSCN2C(=O)Cc2cc(Cl)c3c(c2)OCCO3)cc1. The maximum Gasteiger partial charge on any atom is 0.248 e. The number of benzene rings is 2. The Labute approximate surface area is 183 Å². The molecule has 30 heavy (non-hydrogen) atoms. The molecule has 0 aliphatic carbocycles. The first-order valence-electron chi connectivity index (χ1n) is 9.45. The van der Waals surface area contributed by atoms with Crippen LogP contribution in [-0.4, -0.2) is 54.7 Å². The summed E-state index contributed by atoms with van der Waals surface area (Å²) in [4.78, 5) is 27.3. The Balaban J connectivity index is 1.43. The van der Waals surface area contributed by atoms with Gasteiger partial charge in [-0.3, -0.25) is 9.59 Å². The van der Waals surface area contributed by atoms with Crippen molar-refractivity contribution in [2.75, 3.05) is 37.3 Å². The number of nitrogens with one attached hydrogen (secondary N) is 1. The van der Waals surface area contributed by atoms with E-state index in [0.717, 1.165) is 5.56 Å². The minimum absolute atomic E-state index is 0.128. The molecule has 2 amide bonds. The van der Waals surface area contributed by atoms with Crippen molar-refractivity contribution >= 4 is 40.9 Å². The summed E-state index contributed by atoms with van der Waals surface area (Å²) in [5, 5.41) is 3.29. The summed E-state index contributed by atoms with van der Waals surface area (Å²) >= 11 is 7.83. The number of thioether (sulfide) groups is 1. The molecule has 0 spiro atoms. The van der Waals surface area contributed by atoms with Gasteiger partial charge in [0.25, 0.3) is 0 Å². The maximum absolute atomic E-state index is 12.9. The van der Waals surface area contributed by atoms with Gasteiger partial charge in [0, 0.05) is 11.4 Å². The van der Waals surface area contributed by atoms with Crippen LogP contribution < -0.4 is 19.5 Å². The normalized spacial score (nSPS) is 17.5. The topological polar surface area (TPSA) is 77.1 Å². The van der Waals surface area contributed by atoms with Gasteiger partial charge in [-0.25, -0.2) is 0 Å². The Morgan fingerprint density at radius 3 is 2.77 bits per heavy atom. The summed E-state index contributed by atoms with van der Waals surface area (Å²) in [6, 6.07) is 10.0. The number of amides is 2. The van der Waals surface area contributed by atoms with Crippen molar-refractivity contribution in [3.8, 4) is 17.2 Å². The number of rotatable bonds is 5. The fourth-order valence-corrected chi connectivity index (χ4v) is 4.82. The Kier molecular flexibility index (Phi) is 6.24. The summed E-state index contributed by atoms with van der Waals surface area (Å²) in [6.07, 6.45) is 0.128. The molecule has 0 aromatic heterocycles. The number of hydrogen-bond acceptors (Lipinski definition) is 6. The first kappa shape index (κ1) is 20.7. The van der Waals surface area contributed by atoms with Crippen molar-refractivity contribution in [1.82, 2.24) is 4.90 Å². The van der Waals surface area contributed by atoms with E-state index in [1.54, 1.807) is 60.2 Å². The number of hydrogen-bond donors (Lipinski definition) is 1. The fraction of sp³-hybridized carbons (Fsp3) is 0.333.